The largest absolute Gasteiger partial charge is 0.466 e. The van der Waals surface area contributed by atoms with Gasteiger partial charge in [-0.15, -0.1) is 0 Å². The maximum absolute atomic E-state index is 12.5. The Kier molecular flexibility index (Phi) is 12.6. The Morgan fingerprint density at radius 2 is 1.72 bits per heavy atom. The predicted molar refractivity (Wildman–Crippen MR) is 129 cm³/mol. The van der Waals surface area contributed by atoms with Crippen molar-refractivity contribution >= 4 is 35.1 Å². The highest BCUT2D eigenvalue weighted by atomic mass is 32.1. The molecule has 2 aliphatic rings. The van der Waals surface area contributed by atoms with Gasteiger partial charge >= 0.3 is 5.97 Å². The molecule has 1 atom stereocenters. The predicted octanol–water partition coefficient (Wildman–Crippen LogP) is 3.84. The number of hydrogen-bond donors (Lipinski definition) is 2. The molecule has 32 heavy (non-hydrogen) atoms. The molecule has 1 saturated heterocycles. The van der Waals surface area contributed by atoms with Crippen molar-refractivity contribution in [3.8, 4) is 0 Å². The van der Waals surface area contributed by atoms with Crippen LogP contribution in [-0.4, -0.2) is 53.5 Å². The average molecular weight is 468 g/mol. The molecular weight excluding hydrogens is 426 g/mol. The van der Waals surface area contributed by atoms with Crippen LogP contribution in [0.1, 0.15) is 96.8 Å². The van der Waals surface area contributed by atoms with Gasteiger partial charge in [0.2, 0.25) is 11.8 Å². The molecule has 2 fully saturated rings. The van der Waals surface area contributed by atoms with Crippen molar-refractivity contribution in [3.05, 3.63) is 0 Å². The molecule has 1 saturated carbocycles. The number of unbranched alkanes of at least 4 members (excludes halogenated alkanes) is 7. The maximum atomic E-state index is 12.5. The molecule has 1 aliphatic heterocycles. The van der Waals surface area contributed by atoms with E-state index < -0.39 is 12.0 Å². The summed E-state index contributed by atoms with van der Waals surface area (Å²) in [5.74, 6) is -0.747. The van der Waals surface area contributed by atoms with E-state index in [0.717, 1.165) is 44.9 Å². The summed E-state index contributed by atoms with van der Waals surface area (Å²) in [6.45, 7) is 3.49. The molecule has 2 amide bonds. The number of esters is 1. The SMILES string of the molecule is CCCCCCCCCCOC(=O)CC1C(=O)NCCN1C(=S)NC(=O)C1CCCCC1. The first-order valence-corrected chi connectivity index (χ1v) is 13.0. The normalized spacial score (nSPS) is 19.3. The van der Waals surface area contributed by atoms with Gasteiger partial charge < -0.3 is 20.3 Å². The highest BCUT2D eigenvalue weighted by Crippen LogP contribution is 2.24. The molecule has 1 aliphatic carbocycles. The van der Waals surface area contributed by atoms with Crippen LogP contribution in [0.2, 0.25) is 0 Å². The quantitative estimate of drug-likeness (QED) is 0.258. The third-order valence-corrected chi connectivity index (χ3v) is 6.76. The lowest BCUT2D eigenvalue weighted by molar-refractivity contribution is -0.147. The number of nitrogens with one attached hydrogen (secondary N) is 2. The van der Waals surface area contributed by atoms with Gasteiger partial charge in [0.15, 0.2) is 5.11 Å². The van der Waals surface area contributed by atoms with E-state index in [9.17, 15) is 14.4 Å². The summed E-state index contributed by atoms with van der Waals surface area (Å²) in [6.07, 6.45) is 14.4. The van der Waals surface area contributed by atoms with Gasteiger partial charge in [-0.25, -0.2) is 0 Å². The number of piperazine rings is 1. The zero-order chi connectivity index (χ0) is 23.2. The van der Waals surface area contributed by atoms with Crippen LogP contribution < -0.4 is 10.6 Å². The average Bonchev–Trinajstić information content (AvgIpc) is 2.79. The monoisotopic (exact) mass is 467 g/mol. The molecule has 7 nitrogen and oxygen atoms in total. The number of rotatable bonds is 12. The molecular formula is C24H41N3O4S. The fourth-order valence-electron chi connectivity index (χ4n) is 4.44. The van der Waals surface area contributed by atoms with Crippen LogP contribution in [0.5, 0.6) is 0 Å². The molecule has 0 bridgehead atoms. The van der Waals surface area contributed by atoms with Crippen molar-refractivity contribution in [3.63, 3.8) is 0 Å². The van der Waals surface area contributed by atoms with Gasteiger partial charge in [0, 0.05) is 19.0 Å². The van der Waals surface area contributed by atoms with Gasteiger partial charge in [-0.2, -0.15) is 0 Å². The number of amides is 2. The van der Waals surface area contributed by atoms with Crippen LogP contribution in [0.3, 0.4) is 0 Å². The highest BCUT2D eigenvalue weighted by Gasteiger charge is 2.34. The molecule has 1 unspecified atom stereocenters. The second-order valence-electron chi connectivity index (χ2n) is 9.03. The van der Waals surface area contributed by atoms with Gasteiger partial charge in [0.1, 0.15) is 6.04 Å². The van der Waals surface area contributed by atoms with Crippen molar-refractivity contribution < 1.29 is 19.1 Å². The number of thiocarbonyl (C=S) groups is 1. The zero-order valence-corrected chi connectivity index (χ0v) is 20.5. The van der Waals surface area contributed by atoms with E-state index in [1.807, 2.05) is 0 Å². The molecule has 8 heteroatoms. The molecule has 0 aromatic rings. The second kappa shape index (κ2) is 15.2. The lowest BCUT2D eigenvalue weighted by Crippen LogP contribution is -2.60. The minimum absolute atomic E-state index is 0.0182. The van der Waals surface area contributed by atoms with E-state index in [1.54, 1.807) is 4.90 Å². The molecule has 0 aromatic carbocycles. The molecule has 0 aromatic heterocycles. The Bertz CT molecular complexity index is 622. The lowest BCUT2D eigenvalue weighted by Gasteiger charge is -2.36. The number of hydrogen-bond acceptors (Lipinski definition) is 5. The Morgan fingerprint density at radius 1 is 1.06 bits per heavy atom. The highest BCUT2D eigenvalue weighted by molar-refractivity contribution is 7.80. The third kappa shape index (κ3) is 9.43. The molecule has 2 N–H and O–H groups in total. The van der Waals surface area contributed by atoms with E-state index in [4.69, 9.17) is 17.0 Å². The smallest absolute Gasteiger partial charge is 0.308 e. The van der Waals surface area contributed by atoms with E-state index in [0.29, 0.717) is 19.7 Å². The first-order valence-electron chi connectivity index (χ1n) is 12.6. The first-order chi connectivity index (χ1) is 15.5. The summed E-state index contributed by atoms with van der Waals surface area (Å²) in [5.41, 5.74) is 0. The summed E-state index contributed by atoms with van der Waals surface area (Å²) in [6, 6.07) is -0.742. The number of ether oxygens (including phenoxy) is 1. The minimum Gasteiger partial charge on any atom is -0.466 e. The minimum atomic E-state index is -0.742. The van der Waals surface area contributed by atoms with Crippen molar-refractivity contribution in [2.75, 3.05) is 19.7 Å². The fraction of sp³-hybridized carbons (Fsp3) is 0.833. The van der Waals surface area contributed by atoms with Crippen molar-refractivity contribution in [2.24, 2.45) is 5.92 Å². The molecule has 0 radical (unpaired) electrons. The Balaban J connectivity index is 1.71. The van der Waals surface area contributed by atoms with Crippen LogP contribution in [0.4, 0.5) is 0 Å². The second-order valence-corrected chi connectivity index (χ2v) is 9.42. The van der Waals surface area contributed by atoms with E-state index in [1.165, 1.54) is 38.5 Å². The number of carbonyl (C=O) groups is 3. The summed E-state index contributed by atoms with van der Waals surface area (Å²) in [5, 5.41) is 5.83. The molecule has 182 valence electrons. The van der Waals surface area contributed by atoms with Gasteiger partial charge in [-0.1, -0.05) is 71.1 Å². The van der Waals surface area contributed by atoms with E-state index in [-0.39, 0.29) is 29.3 Å². The third-order valence-electron chi connectivity index (χ3n) is 6.42. The number of nitrogens with zero attached hydrogens (tertiary/aromatic N) is 1. The van der Waals surface area contributed by atoms with Crippen molar-refractivity contribution in [1.82, 2.24) is 15.5 Å². The summed E-state index contributed by atoms with van der Waals surface area (Å²) in [4.78, 5) is 39.0. The van der Waals surface area contributed by atoms with Gasteiger partial charge in [-0.3, -0.25) is 14.4 Å². The van der Waals surface area contributed by atoms with Gasteiger partial charge in [-0.05, 0) is 31.5 Å². The van der Waals surface area contributed by atoms with E-state index >= 15 is 0 Å². The Labute approximate surface area is 198 Å². The first kappa shape index (κ1) is 26.6. The van der Waals surface area contributed by atoms with Crippen LogP contribution >= 0.6 is 12.2 Å². The van der Waals surface area contributed by atoms with Crippen LogP contribution in [-0.2, 0) is 19.1 Å². The Morgan fingerprint density at radius 3 is 2.41 bits per heavy atom. The maximum Gasteiger partial charge on any atom is 0.308 e. The lowest BCUT2D eigenvalue weighted by atomic mass is 9.89. The standard InChI is InChI=1S/C24H41N3O4S/c1-2-3-4-5-6-7-8-12-17-31-21(28)18-20-23(30)25-15-16-27(20)24(32)26-22(29)19-13-10-9-11-14-19/h19-20H,2-18H2,1H3,(H,25,30)(H,26,29,32). The van der Waals surface area contributed by atoms with Crippen LogP contribution in [0.15, 0.2) is 0 Å². The molecule has 0 spiro atoms. The number of carbonyl (C=O) groups excluding carboxylic acids is 3. The topological polar surface area (TPSA) is 87.7 Å². The van der Waals surface area contributed by atoms with E-state index in [2.05, 4.69) is 17.6 Å². The zero-order valence-electron chi connectivity index (χ0n) is 19.7. The fourth-order valence-corrected chi connectivity index (χ4v) is 4.76. The molecule has 2 rings (SSSR count). The Hall–Kier alpha value is -1.70. The van der Waals surface area contributed by atoms with Crippen molar-refractivity contribution in [1.29, 1.82) is 0 Å². The molecule has 1 heterocycles. The van der Waals surface area contributed by atoms with Crippen LogP contribution in [0.25, 0.3) is 0 Å². The summed E-state index contributed by atoms with van der Waals surface area (Å²) < 4.78 is 5.37. The van der Waals surface area contributed by atoms with Gasteiger partial charge in [0.05, 0.1) is 13.0 Å². The van der Waals surface area contributed by atoms with Gasteiger partial charge in [0.25, 0.3) is 0 Å². The van der Waals surface area contributed by atoms with Crippen LogP contribution in [0, 0.1) is 5.92 Å². The summed E-state index contributed by atoms with van der Waals surface area (Å²) >= 11 is 5.44. The van der Waals surface area contributed by atoms with Crippen molar-refractivity contribution in [2.45, 2.75) is 103 Å². The summed E-state index contributed by atoms with van der Waals surface area (Å²) in [7, 11) is 0.